The minimum Gasteiger partial charge on any atom is -0.240 e. The highest BCUT2D eigenvalue weighted by atomic mass is 32.2. The van der Waals surface area contributed by atoms with Crippen molar-refractivity contribution < 1.29 is 26.0 Å². The quantitative estimate of drug-likeness (QED) is 0.621. The lowest BCUT2D eigenvalue weighted by Gasteiger charge is -2.08. The van der Waals surface area contributed by atoms with Gasteiger partial charge in [0, 0.05) is 23.4 Å². The number of benzene rings is 1. The van der Waals surface area contributed by atoms with Gasteiger partial charge in [-0.3, -0.25) is 0 Å². The number of halogens is 4. The van der Waals surface area contributed by atoms with Crippen LogP contribution in [0.2, 0.25) is 0 Å². The van der Waals surface area contributed by atoms with Crippen molar-refractivity contribution in [2.24, 2.45) is 0 Å². The van der Waals surface area contributed by atoms with Gasteiger partial charge in [0.1, 0.15) is 21.4 Å². The highest BCUT2D eigenvalue weighted by Crippen LogP contribution is 2.34. The first-order valence-electron chi connectivity index (χ1n) is 7.06. The van der Waals surface area contributed by atoms with Crippen molar-refractivity contribution in [3.05, 3.63) is 46.9 Å². The van der Waals surface area contributed by atoms with Gasteiger partial charge in [0.2, 0.25) is 0 Å². The number of aryl methyl sites for hydroxylation is 1. The lowest BCUT2D eigenvalue weighted by atomic mass is 10.3. The third kappa shape index (κ3) is 3.49. The molecule has 0 radical (unpaired) electrons. The fraction of sp³-hybridized carbons (Fsp3) is 0.200. The van der Waals surface area contributed by atoms with Crippen LogP contribution in [-0.2, 0) is 16.0 Å². The average Bonchev–Trinajstić information content (AvgIpc) is 3.11. The summed E-state index contributed by atoms with van der Waals surface area (Å²) in [4.78, 5) is 3.60. The normalized spacial score (nSPS) is 12.5. The van der Waals surface area contributed by atoms with E-state index in [9.17, 15) is 26.0 Å². The average molecular weight is 405 g/mol. The molecule has 2 heterocycles. The number of hydrogen-bond donors (Lipinski definition) is 0. The molecule has 1 aromatic carbocycles. The molecule has 5 nitrogen and oxygen atoms in total. The highest BCUT2D eigenvalue weighted by molar-refractivity contribution is 7.90. The Balaban J connectivity index is 2.21. The number of nitrogens with zero attached hydrogens (tertiary/aromatic N) is 3. The Kier molecular flexibility index (Phi) is 4.39. The third-order valence-electron chi connectivity index (χ3n) is 3.40. The topological polar surface area (TPSA) is 64.8 Å². The molecule has 0 saturated carbocycles. The van der Waals surface area contributed by atoms with Crippen molar-refractivity contribution in [2.75, 3.05) is 6.26 Å². The molecule has 26 heavy (non-hydrogen) atoms. The first kappa shape index (κ1) is 18.5. The Morgan fingerprint density at radius 2 is 1.88 bits per heavy atom. The first-order valence-corrected chi connectivity index (χ1v) is 9.83. The lowest BCUT2D eigenvalue weighted by molar-refractivity contribution is -0.141. The number of alkyl halides is 3. The molecular weight excluding hydrogens is 394 g/mol. The highest BCUT2D eigenvalue weighted by Gasteiger charge is 2.35. The van der Waals surface area contributed by atoms with Crippen LogP contribution in [0.15, 0.2) is 34.5 Å². The number of thiazole rings is 1. The van der Waals surface area contributed by atoms with E-state index >= 15 is 0 Å². The fourth-order valence-electron chi connectivity index (χ4n) is 2.26. The molecule has 3 aromatic rings. The minimum atomic E-state index is -4.70. The molecule has 0 aliphatic carbocycles. The van der Waals surface area contributed by atoms with E-state index in [1.807, 2.05) is 0 Å². The second-order valence-electron chi connectivity index (χ2n) is 5.51. The molecule has 0 spiro atoms. The first-order chi connectivity index (χ1) is 12.0. The van der Waals surface area contributed by atoms with Crippen LogP contribution >= 0.6 is 11.3 Å². The minimum absolute atomic E-state index is 0.0296. The molecule has 3 rings (SSSR count). The maximum Gasteiger partial charge on any atom is 0.435 e. The molecule has 138 valence electrons. The molecule has 0 N–H and O–H groups in total. The molecular formula is C15H11F4N3O2S2. The van der Waals surface area contributed by atoms with Gasteiger partial charge in [-0.05, 0) is 25.1 Å². The smallest absolute Gasteiger partial charge is 0.240 e. The van der Waals surface area contributed by atoms with Crippen LogP contribution < -0.4 is 0 Å². The SMILES string of the molecule is Cc1csc(-c2cc(C(F)(F)F)nn2-c2ccc(S(C)(=O)=O)c(F)c2)n1. The Hall–Kier alpha value is -2.27. The molecule has 11 heteroatoms. The molecule has 0 aliphatic rings. The van der Waals surface area contributed by atoms with E-state index in [0.717, 1.165) is 40.5 Å². The predicted molar refractivity (Wildman–Crippen MR) is 87.5 cm³/mol. The predicted octanol–water partition coefficient (Wildman–Crippen LogP) is 3.87. The molecule has 0 fully saturated rings. The van der Waals surface area contributed by atoms with Crippen LogP contribution in [-0.4, -0.2) is 29.4 Å². The zero-order valence-corrected chi connectivity index (χ0v) is 15.0. The zero-order valence-electron chi connectivity index (χ0n) is 13.4. The summed E-state index contributed by atoms with van der Waals surface area (Å²) in [5, 5.41) is 5.45. The van der Waals surface area contributed by atoms with Gasteiger partial charge >= 0.3 is 6.18 Å². The maximum absolute atomic E-state index is 14.2. The van der Waals surface area contributed by atoms with Crippen LogP contribution in [0.4, 0.5) is 17.6 Å². The van der Waals surface area contributed by atoms with Crippen molar-refractivity contribution in [2.45, 2.75) is 18.0 Å². The van der Waals surface area contributed by atoms with Gasteiger partial charge in [0.15, 0.2) is 15.5 Å². The summed E-state index contributed by atoms with van der Waals surface area (Å²) in [6, 6.07) is 3.83. The Bertz CT molecular complexity index is 1080. The van der Waals surface area contributed by atoms with E-state index in [4.69, 9.17) is 0 Å². The zero-order chi connectivity index (χ0) is 19.3. The summed E-state index contributed by atoms with van der Waals surface area (Å²) in [7, 11) is -3.80. The van der Waals surface area contributed by atoms with Crippen LogP contribution in [0.25, 0.3) is 16.4 Å². The number of rotatable bonds is 3. The van der Waals surface area contributed by atoms with Crippen LogP contribution in [0.5, 0.6) is 0 Å². The maximum atomic E-state index is 14.2. The Morgan fingerprint density at radius 3 is 2.38 bits per heavy atom. The van der Waals surface area contributed by atoms with E-state index in [1.165, 1.54) is 6.07 Å². The summed E-state index contributed by atoms with van der Waals surface area (Å²) >= 11 is 1.12. The Labute approximate surface area is 149 Å². The van der Waals surface area contributed by atoms with Gasteiger partial charge in [-0.1, -0.05) is 0 Å². The summed E-state index contributed by atoms with van der Waals surface area (Å²) in [5.74, 6) is -1.07. The lowest BCUT2D eigenvalue weighted by Crippen LogP contribution is -2.08. The molecule has 0 unspecified atom stereocenters. The summed E-state index contributed by atoms with van der Waals surface area (Å²) in [6.45, 7) is 1.69. The summed E-state index contributed by atoms with van der Waals surface area (Å²) < 4.78 is 77.3. The largest absolute Gasteiger partial charge is 0.435 e. The number of sulfone groups is 1. The van der Waals surface area contributed by atoms with Crippen molar-refractivity contribution >= 4 is 21.2 Å². The number of hydrogen-bond acceptors (Lipinski definition) is 5. The standard InChI is InChI=1S/C15H11F4N3O2S2/c1-8-7-25-14(20-8)11-6-13(15(17,18)19)21-22(11)9-3-4-12(10(16)5-9)26(2,23)24/h3-7H,1-2H3. The third-order valence-corrected chi connectivity index (χ3v) is 5.51. The number of aromatic nitrogens is 3. The molecule has 0 bridgehead atoms. The van der Waals surface area contributed by atoms with Gasteiger partial charge < -0.3 is 0 Å². The second-order valence-corrected chi connectivity index (χ2v) is 8.35. The molecule has 0 amide bonds. The van der Waals surface area contributed by atoms with Gasteiger partial charge in [0.25, 0.3) is 0 Å². The van der Waals surface area contributed by atoms with E-state index in [1.54, 1.807) is 12.3 Å². The van der Waals surface area contributed by atoms with Crippen molar-refractivity contribution in [1.29, 1.82) is 0 Å². The summed E-state index contributed by atoms with van der Waals surface area (Å²) in [5.41, 5.74) is -0.562. The fourth-order valence-corrected chi connectivity index (χ4v) is 3.79. The van der Waals surface area contributed by atoms with Gasteiger partial charge in [-0.2, -0.15) is 18.3 Å². The van der Waals surface area contributed by atoms with Crippen molar-refractivity contribution in [1.82, 2.24) is 14.8 Å². The van der Waals surface area contributed by atoms with E-state index in [0.29, 0.717) is 5.69 Å². The van der Waals surface area contributed by atoms with Gasteiger partial charge in [0.05, 0.1) is 5.69 Å². The van der Waals surface area contributed by atoms with Crippen molar-refractivity contribution in [3.8, 4) is 16.4 Å². The monoisotopic (exact) mass is 405 g/mol. The van der Waals surface area contributed by atoms with Crippen LogP contribution in [0.3, 0.4) is 0 Å². The van der Waals surface area contributed by atoms with Crippen molar-refractivity contribution in [3.63, 3.8) is 0 Å². The van der Waals surface area contributed by atoms with Crippen LogP contribution in [0, 0.1) is 12.7 Å². The van der Waals surface area contributed by atoms with E-state index in [2.05, 4.69) is 10.1 Å². The van der Waals surface area contributed by atoms with Crippen LogP contribution in [0.1, 0.15) is 11.4 Å². The summed E-state index contributed by atoms with van der Waals surface area (Å²) in [6.07, 6.45) is -3.86. The van der Waals surface area contributed by atoms with E-state index < -0.39 is 32.4 Å². The molecule has 0 saturated heterocycles. The van der Waals surface area contributed by atoms with Gasteiger partial charge in [-0.15, -0.1) is 11.3 Å². The molecule has 2 aromatic heterocycles. The van der Waals surface area contributed by atoms with Gasteiger partial charge in [-0.25, -0.2) is 22.5 Å². The van der Waals surface area contributed by atoms with E-state index in [-0.39, 0.29) is 16.4 Å². The Morgan fingerprint density at radius 1 is 1.19 bits per heavy atom. The molecule has 0 atom stereocenters. The molecule has 0 aliphatic heterocycles. The second kappa shape index (κ2) is 6.16.